The number of benzene rings is 2. The number of phenols is 1. The number of carbonyl (C=O) groups excluding carboxylic acids is 1. The number of cyclic esters (lactones) is 1. The van der Waals surface area contributed by atoms with Gasteiger partial charge in [-0.05, 0) is 37.1 Å². The van der Waals surface area contributed by atoms with Crippen LogP contribution in [-0.2, 0) is 15.9 Å². The molecule has 1 saturated heterocycles. The Morgan fingerprint density at radius 1 is 1.14 bits per heavy atom. The van der Waals surface area contributed by atoms with Crippen LogP contribution in [0.4, 0.5) is 0 Å². The Balaban J connectivity index is 1.66. The third kappa shape index (κ3) is 6.17. The van der Waals surface area contributed by atoms with Crippen LogP contribution >= 0.6 is 0 Å². The highest BCUT2D eigenvalue weighted by molar-refractivity contribution is 5.93. The van der Waals surface area contributed by atoms with Gasteiger partial charge in [-0.3, -0.25) is 4.99 Å². The normalized spacial score (nSPS) is 25.5. The largest absolute Gasteiger partial charge is 0.502 e. The molecule has 0 aromatic heterocycles. The van der Waals surface area contributed by atoms with Crippen LogP contribution < -0.4 is 30.0 Å². The number of nitrogens with two attached hydrogens (primary N) is 1. The average Bonchev–Trinajstić information content (AvgIpc) is 2.99. The summed E-state index contributed by atoms with van der Waals surface area (Å²) in [5, 5.41) is 55.3. The van der Waals surface area contributed by atoms with E-state index in [1.807, 2.05) is 0 Å². The van der Waals surface area contributed by atoms with Crippen molar-refractivity contribution in [3.8, 4) is 28.7 Å². The molecule has 2 aliphatic rings. The standard InChI is InChI=1S/C27H33N3O13/c1-29-26(28)30-11-41-16-8-12(23(35)36)4-5-15(16)42-25-20(33)19(32)22(34)27(43-25)7-6-13-14(24(37)40-10-27)9-17(38-2)18(31)21(13)39-3/h4-5,8-9,19-20,22,25,31-34H,6-7,10-11H2,1-3H3,(H,35,36)(H3,28,29,30)/t19-,20-,22+,25-,27-/m1/s1. The summed E-state index contributed by atoms with van der Waals surface area (Å²) in [7, 11) is 4.04. The minimum absolute atomic E-state index is 0.00843. The molecule has 2 aromatic rings. The zero-order valence-electron chi connectivity index (χ0n) is 23.5. The summed E-state index contributed by atoms with van der Waals surface area (Å²) in [6.07, 6.45) is -7.14. The Hall–Kier alpha value is -4.51. The van der Waals surface area contributed by atoms with Crippen molar-refractivity contribution < 1.29 is 63.5 Å². The number of esters is 1. The molecular formula is C27H33N3O13. The fourth-order valence-corrected chi connectivity index (χ4v) is 4.84. The van der Waals surface area contributed by atoms with E-state index in [9.17, 15) is 35.1 Å². The first-order valence-corrected chi connectivity index (χ1v) is 12.9. The smallest absolute Gasteiger partial charge is 0.338 e. The fourth-order valence-electron chi connectivity index (χ4n) is 4.84. The number of carboxylic acid groups (broad SMARTS) is 1. The summed E-state index contributed by atoms with van der Waals surface area (Å²) >= 11 is 0. The molecule has 0 saturated carbocycles. The van der Waals surface area contributed by atoms with Crippen LogP contribution in [-0.4, -0.2) is 108 Å². The molecule has 8 N–H and O–H groups in total. The molecule has 0 amide bonds. The van der Waals surface area contributed by atoms with E-state index in [1.54, 1.807) is 0 Å². The summed E-state index contributed by atoms with van der Waals surface area (Å²) in [6.45, 7) is -0.792. The van der Waals surface area contributed by atoms with Crippen molar-refractivity contribution in [2.24, 2.45) is 10.7 Å². The lowest BCUT2D eigenvalue weighted by molar-refractivity contribution is -0.320. The number of carboxylic acids is 1. The lowest BCUT2D eigenvalue weighted by atomic mass is 9.81. The van der Waals surface area contributed by atoms with Gasteiger partial charge in [-0.2, -0.15) is 0 Å². The van der Waals surface area contributed by atoms with E-state index in [1.165, 1.54) is 39.5 Å². The Bertz CT molecular complexity index is 1400. The van der Waals surface area contributed by atoms with Crippen molar-refractivity contribution in [1.29, 1.82) is 0 Å². The van der Waals surface area contributed by atoms with Crippen LogP contribution in [0, 0.1) is 0 Å². The molecule has 2 aromatic carbocycles. The molecule has 234 valence electrons. The Morgan fingerprint density at radius 2 is 1.88 bits per heavy atom. The van der Waals surface area contributed by atoms with E-state index in [4.69, 9.17) is 34.2 Å². The number of phenolic OH excluding ortho intramolecular Hbond substituents is 1. The van der Waals surface area contributed by atoms with Gasteiger partial charge in [0.25, 0.3) is 0 Å². The number of aliphatic imine (C=N–C) groups is 1. The van der Waals surface area contributed by atoms with Crippen LogP contribution in [0.3, 0.4) is 0 Å². The lowest BCUT2D eigenvalue weighted by Crippen LogP contribution is -2.67. The van der Waals surface area contributed by atoms with E-state index in [0.29, 0.717) is 0 Å². The molecule has 43 heavy (non-hydrogen) atoms. The van der Waals surface area contributed by atoms with Gasteiger partial charge >= 0.3 is 11.9 Å². The van der Waals surface area contributed by atoms with E-state index in [0.717, 1.165) is 6.07 Å². The van der Waals surface area contributed by atoms with Gasteiger partial charge in [0, 0.05) is 12.6 Å². The maximum absolute atomic E-state index is 13.1. The maximum Gasteiger partial charge on any atom is 0.338 e. The quantitative estimate of drug-likeness (QED) is 0.0852. The van der Waals surface area contributed by atoms with Crippen molar-refractivity contribution >= 4 is 17.9 Å². The molecule has 0 radical (unpaired) electrons. The van der Waals surface area contributed by atoms with Crippen LogP contribution in [0.25, 0.3) is 0 Å². The number of guanidine groups is 1. The number of fused-ring (bicyclic) bond motifs is 1. The molecule has 0 unspecified atom stereocenters. The second-order valence-corrected chi connectivity index (χ2v) is 9.70. The first-order valence-electron chi connectivity index (χ1n) is 12.9. The van der Waals surface area contributed by atoms with Crippen LogP contribution in [0.2, 0.25) is 0 Å². The summed E-state index contributed by atoms with van der Waals surface area (Å²) in [4.78, 5) is 28.3. The van der Waals surface area contributed by atoms with Gasteiger partial charge in [0.2, 0.25) is 12.0 Å². The van der Waals surface area contributed by atoms with Crippen LogP contribution in [0.15, 0.2) is 29.3 Å². The zero-order chi connectivity index (χ0) is 31.5. The number of hydrogen-bond acceptors (Lipinski definition) is 13. The van der Waals surface area contributed by atoms with Gasteiger partial charge in [0.15, 0.2) is 35.7 Å². The Labute approximate surface area is 245 Å². The Kier molecular flexibility index (Phi) is 9.34. The predicted molar refractivity (Wildman–Crippen MR) is 146 cm³/mol. The molecule has 16 nitrogen and oxygen atoms in total. The third-order valence-electron chi connectivity index (χ3n) is 7.21. The average molecular weight is 608 g/mol. The van der Waals surface area contributed by atoms with Crippen molar-refractivity contribution in [2.45, 2.75) is 43.0 Å². The van der Waals surface area contributed by atoms with Gasteiger partial charge in [0.05, 0.1) is 25.3 Å². The van der Waals surface area contributed by atoms with Gasteiger partial charge in [-0.25, -0.2) is 9.59 Å². The number of aromatic carboxylic acids is 1. The molecular weight excluding hydrogens is 574 g/mol. The molecule has 16 heteroatoms. The Morgan fingerprint density at radius 3 is 2.53 bits per heavy atom. The van der Waals surface area contributed by atoms with E-state index >= 15 is 0 Å². The van der Waals surface area contributed by atoms with Crippen molar-refractivity contribution in [3.63, 3.8) is 0 Å². The summed E-state index contributed by atoms with van der Waals surface area (Å²) < 4.78 is 33.4. The highest BCUT2D eigenvalue weighted by Gasteiger charge is 2.56. The number of nitrogens with zero attached hydrogens (tertiary/aromatic N) is 1. The molecule has 2 heterocycles. The van der Waals surface area contributed by atoms with Gasteiger partial charge in [0.1, 0.15) is 30.5 Å². The molecule has 0 aliphatic carbocycles. The van der Waals surface area contributed by atoms with E-state index < -0.39 is 48.7 Å². The van der Waals surface area contributed by atoms with Crippen molar-refractivity contribution in [1.82, 2.24) is 5.32 Å². The van der Waals surface area contributed by atoms with Gasteiger partial charge in [-0.1, -0.05) is 0 Å². The zero-order valence-corrected chi connectivity index (χ0v) is 23.5. The lowest BCUT2D eigenvalue weighted by Gasteiger charge is -2.48. The molecule has 1 spiro atoms. The van der Waals surface area contributed by atoms with Crippen molar-refractivity contribution in [2.75, 3.05) is 34.6 Å². The summed E-state index contributed by atoms with van der Waals surface area (Å²) in [5.74, 6) is -2.65. The van der Waals surface area contributed by atoms with E-state index in [-0.39, 0.29) is 71.0 Å². The number of carbonyl (C=O) groups is 2. The number of aliphatic hydroxyl groups excluding tert-OH is 3. The van der Waals surface area contributed by atoms with Crippen LogP contribution in [0.1, 0.15) is 32.7 Å². The second-order valence-electron chi connectivity index (χ2n) is 9.70. The summed E-state index contributed by atoms with van der Waals surface area (Å²) in [5.41, 5.74) is 3.95. The van der Waals surface area contributed by atoms with E-state index in [2.05, 4.69) is 10.3 Å². The molecule has 1 fully saturated rings. The number of aliphatic hydroxyl groups is 3. The topological polar surface area (TPSA) is 241 Å². The minimum Gasteiger partial charge on any atom is -0.502 e. The molecule has 2 aliphatic heterocycles. The number of rotatable bonds is 8. The molecule has 0 bridgehead atoms. The first-order chi connectivity index (χ1) is 20.5. The van der Waals surface area contributed by atoms with Crippen LogP contribution in [0.5, 0.6) is 28.7 Å². The van der Waals surface area contributed by atoms with Crippen molar-refractivity contribution in [3.05, 3.63) is 41.0 Å². The SMILES string of the molecule is CN=C(N)NCOc1cc(C(=O)O)ccc1O[C@@H]1O[C@@]2(CCc3c(cc(OC)c(O)c3OC)C(=O)OC2)[C@@H](O)[C@H](O)[C@H]1O. The predicted octanol–water partition coefficient (Wildman–Crippen LogP) is -0.662. The first kappa shape index (κ1) is 31.4. The highest BCUT2D eigenvalue weighted by atomic mass is 16.7. The highest BCUT2D eigenvalue weighted by Crippen LogP contribution is 2.45. The number of nitrogens with one attached hydrogen (secondary N) is 1. The van der Waals surface area contributed by atoms with Gasteiger partial charge in [-0.15, -0.1) is 0 Å². The number of hydrogen-bond donors (Lipinski definition) is 7. The monoisotopic (exact) mass is 607 g/mol. The third-order valence-corrected chi connectivity index (χ3v) is 7.21. The van der Waals surface area contributed by atoms with Gasteiger partial charge < -0.3 is 65.0 Å². The summed E-state index contributed by atoms with van der Waals surface area (Å²) in [6, 6.07) is 4.94. The molecule has 5 atom stereocenters. The number of methoxy groups -OCH3 is 2. The number of aromatic hydroxyl groups is 1. The second kappa shape index (κ2) is 12.8. The number of ether oxygens (including phenoxy) is 6. The maximum atomic E-state index is 13.1. The molecule has 4 rings (SSSR count). The fraction of sp³-hybridized carbons (Fsp3) is 0.444. The minimum atomic E-state index is -1.83.